The van der Waals surface area contributed by atoms with Crippen LogP contribution in [-0.4, -0.2) is 65.3 Å². The maximum Gasteiger partial charge on any atom is 0.135 e. The van der Waals surface area contributed by atoms with Gasteiger partial charge >= 0.3 is 0 Å². The SMILES string of the molecule is [V].[c-]1ccc(Oc2ccnc3cnc(N4CCN(C5COC5)CC4)cc23)cn1. The van der Waals surface area contributed by atoms with Gasteiger partial charge < -0.3 is 19.4 Å². The van der Waals surface area contributed by atoms with Gasteiger partial charge in [0.25, 0.3) is 0 Å². The van der Waals surface area contributed by atoms with Crippen LogP contribution in [0, 0.1) is 6.20 Å². The van der Waals surface area contributed by atoms with E-state index in [2.05, 4.69) is 37.0 Å². The predicted octanol–water partition coefficient (Wildman–Crippen LogP) is 2.14. The Bertz CT molecular complexity index is 930. The summed E-state index contributed by atoms with van der Waals surface area (Å²) >= 11 is 0. The summed E-state index contributed by atoms with van der Waals surface area (Å²) in [6.07, 6.45) is 7.96. The molecule has 0 atom stereocenters. The van der Waals surface area contributed by atoms with Crippen molar-refractivity contribution in [2.45, 2.75) is 6.04 Å². The number of piperazine rings is 1. The molecule has 0 aliphatic carbocycles. The molecule has 2 fully saturated rings. The molecule has 2 aliphatic heterocycles. The molecule has 3 aromatic rings. The number of pyridine rings is 3. The Labute approximate surface area is 175 Å². The molecule has 0 saturated carbocycles. The molecule has 1 radical (unpaired) electrons. The smallest absolute Gasteiger partial charge is 0.135 e. The molecule has 0 aromatic carbocycles. The van der Waals surface area contributed by atoms with Crippen LogP contribution in [0.3, 0.4) is 0 Å². The van der Waals surface area contributed by atoms with Crippen LogP contribution >= 0.6 is 0 Å². The van der Waals surface area contributed by atoms with E-state index in [-0.39, 0.29) is 18.6 Å². The molecule has 8 heteroatoms. The third kappa shape index (κ3) is 3.84. The predicted molar refractivity (Wildman–Crippen MR) is 101 cm³/mol. The Morgan fingerprint density at radius 3 is 2.64 bits per heavy atom. The van der Waals surface area contributed by atoms with Crippen LogP contribution in [0.5, 0.6) is 11.5 Å². The van der Waals surface area contributed by atoms with Crippen LogP contribution in [0.25, 0.3) is 10.9 Å². The second kappa shape index (κ2) is 8.45. The molecular weight excluding hydrogens is 393 g/mol. The maximum atomic E-state index is 6.01. The Morgan fingerprint density at radius 2 is 1.93 bits per heavy atom. The Hall–Kier alpha value is -2.19. The van der Waals surface area contributed by atoms with Crippen molar-refractivity contribution in [1.29, 1.82) is 0 Å². The van der Waals surface area contributed by atoms with Gasteiger partial charge in [-0.15, -0.1) is 6.07 Å². The third-order valence-electron chi connectivity index (χ3n) is 5.16. The number of hydrogen-bond donors (Lipinski definition) is 0. The largest absolute Gasteiger partial charge is 0.481 e. The Morgan fingerprint density at radius 1 is 1.07 bits per heavy atom. The fourth-order valence-electron chi connectivity index (χ4n) is 3.52. The van der Waals surface area contributed by atoms with Crippen molar-refractivity contribution in [1.82, 2.24) is 19.9 Å². The summed E-state index contributed by atoms with van der Waals surface area (Å²) < 4.78 is 11.3. The first kappa shape index (κ1) is 19.1. The zero-order chi connectivity index (χ0) is 18.1. The molecule has 0 spiro atoms. The van der Waals surface area contributed by atoms with Gasteiger partial charge in [-0.25, -0.2) is 4.98 Å². The fourth-order valence-corrected chi connectivity index (χ4v) is 3.52. The van der Waals surface area contributed by atoms with Crippen molar-refractivity contribution in [3.05, 3.63) is 49.1 Å². The van der Waals surface area contributed by atoms with E-state index in [1.807, 2.05) is 18.3 Å². The Kier molecular flexibility index (Phi) is 5.78. The summed E-state index contributed by atoms with van der Waals surface area (Å²) in [5, 5.41) is 0.949. The summed E-state index contributed by atoms with van der Waals surface area (Å²) in [7, 11) is 0. The molecule has 0 N–H and O–H groups in total. The number of anilines is 1. The van der Waals surface area contributed by atoms with E-state index in [0.717, 1.165) is 61.9 Å². The molecule has 0 unspecified atom stereocenters. The minimum atomic E-state index is 0. The van der Waals surface area contributed by atoms with E-state index >= 15 is 0 Å². The van der Waals surface area contributed by atoms with E-state index < -0.39 is 0 Å². The first-order chi connectivity index (χ1) is 13.4. The zero-order valence-electron chi connectivity index (χ0n) is 15.4. The average molecular weight is 413 g/mol. The number of fused-ring (bicyclic) bond motifs is 1. The zero-order valence-corrected chi connectivity index (χ0v) is 16.8. The third-order valence-corrected chi connectivity index (χ3v) is 5.16. The van der Waals surface area contributed by atoms with E-state index in [9.17, 15) is 0 Å². The minimum absolute atomic E-state index is 0. The molecule has 3 aromatic heterocycles. The van der Waals surface area contributed by atoms with Crippen molar-refractivity contribution in [3.8, 4) is 11.5 Å². The van der Waals surface area contributed by atoms with E-state index in [4.69, 9.17) is 9.47 Å². The second-order valence-corrected chi connectivity index (χ2v) is 6.81. The molecule has 28 heavy (non-hydrogen) atoms. The molecule has 7 nitrogen and oxygen atoms in total. The summed E-state index contributed by atoms with van der Waals surface area (Å²) in [4.78, 5) is 17.9. The van der Waals surface area contributed by atoms with E-state index in [1.54, 1.807) is 18.5 Å². The van der Waals surface area contributed by atoms with Gasteiger partial charge in [-0.1, -0.05) is 6.20 Å². The van der Waals surface area contributed by atoms with Crippen molar-refractivity contribution < 1.29 is 28.0 Å². The molecule has 2 aliphatic rings. The van der Waals surface area contributed by atoms with Crippen molar-refractivity contribution >= 4 is 16.7 Å². The van der Waals surface area contributed by atoms with Gasteiger partial charge in [-0.3, -0.25) is 9.88 Å². The quantitative estimate of drug-likeness (QED) is 0.608. The van der Waals surface area contributed by atoms with Gasteiger partial charge in [0.15, 0.2) is 0 Å². The first-order valence-corrected chi connectivity index (χ1v) is 9.18. The van der Waals surface area contributed by atoms with E-state index in [1.165, 1.54) is 0 Å². The van der Waals surface area contributed by atoms with Gasteiger partial charge in [-0.05, 0) is 18.3 Å². The molecule has 5 rings (SSSR count). The number of nitrogens with zero attached hydrogens (tertiary/aromatic N) is 5. The number of rotatable bonds is 4. The summed E-state index contributed by atoms with van der Waals surface area (Å²) in [6.45, 7) is 5.74. The van der Waals surface area contributed by atoms with Gasteiger partial charge in [-0.2, -0.15) is 6.07 Å². The number of hydrogen-bond acceptors (Lipinski definition) is 7. The average Bonchev–Trinajstić information content (AvgIpc) is 2.68. The molecule has 0 bridgehead atoms. The number of aromatic nitrogens is 3. The summed E-state index contributed by atoms with van der Waals surface area (Å²) in [6, 6.07) is 8.11. The summed E-state index contributed by atoms with van der Waals surface area (Å²) in [5.74, 6) is 2.39. The second-order valence-electron chi connectivity index (χ2n) is 6.81. The van der Waals surface area contributed by atoms with Crippen LogP contribution < -0.4 is 9.64 Å². The fraction of sp³-hybridized carbons (Fsp3) is 0.350. The molecule has 0 amide bonds. The minimum Gasteiger partial charge on any atom is -0.481 e. The van der Waals surface area contributed by atoms with Gasteiger partial charge in [0.2, 0.25) is 0 Å². The van der Waals surface area contributed by atoms with Crippen LogP contribution in [0.4, 0.5) is 5.82 Å². The topological polar surface area (TPSA) is 63.6 Å². The normalized spacial score (nSPS) is 17.8. The maximum absolute atomic E-state index is 6.01. The van der Waals surface area contributed by atoms with Gasteiger partial charge in [0.05, 0.1) is 31.0 Å². The van der Waals surface area contributed by atoms with E-state index in [0.29, 0.717) is 11.8 Å². The molecular formula is C20H20N5O2V-. The van der Waals surface area contributed by atoms with Crippen molar-refractivity contribution in [3.63, 3.8) is 0 Å². The monoisotopic (exact) mass is 413 g/mol. The Balaban J connectivity index is 0.00000192. The van der Waals surface area contributed by atoms with Crippen molar-refractivity contribution in [2.75, 3.05) is 44.3 Å². The van der Waals surface area contributed by atoms with Gasteiger partial charge in [0.1, 0.15) is 11.6 Å². The standard InChI is InChI=1S/C20H20N5O2.V/c1-2-16(11-21-4-1)27-19-3-5-22-18-12-23-20(10-17(18)19)25-8-6-24(7-9-25)15-13-26-14-15;/h1-3,5,10-12,15H,6-9,13-14H2;/q-1;. The first-order valence-electron chi connectivity index (χ1n) is 9.18. The van der Waals surface area contributed by atoms with Gasteiger partial charge in [0, 0.05) is 62.1 Å². The van der Waals surface area contributed by atoms with Crippen LogP contribution in [0.2, 0.25) is 0 Å². The van der Waals surface area contributed by atoms with Crippen LogP contribution in [0.15, 0.2) is 42.9 Å². The summed E-state index contributed by atoms with van der Waals surface area (Å²) in [5.41, 5.74) is 0.817. The molecule has 143 valence electrons. The van der Waals surface area contributed by atoms with Crippen LogP contribution in [-0.2, 0) is 23.3 Å². The number of ether oxygens (including phenoxy) is 2. The molecule has 2 saturated heterocycles. The molecule has 5 heterocycles. The van der Waals surface area contributed by atoms with Crippen molar-refractivity contribution in [2.24, 2.45) is 0 Å². The van der Waals surface area contributed by atoms with Crippen LogP contribution in [0.1, 0.15) is 0 Å².